The topological polar surface area (TPSA) is 70.4 Å². The van der Waals surface area contributed by atoms with Gasteiger partial charge in [-0.1, -0.05) is 35.9 Å². The molecule has 0 aliphatic rings. The van der Waals surface area contributed by atoms with Gasteiger partial charge >= 0.3 is 5.97 Å². The number of hydrogen-bond donors (Lipinski definition) is 0. The fraction of sp³-hybridized carbons (Fsp3) is 0.286. The van der Waals surface area contributed by atoms with Crippen LogP contribution in [-0.4, -0.2) is 25.0 Å². The molecule has 0 radical (unpaired) electrons. The van der Waals surface area contributed by atoms with E-state index in [1.54, 1.807) is 24.3 Å². The molecular weight excluding hydrogens is 364 g/mol. The second-order valence-corrected chi connectivity index (χ2v) is 6.64. The summed E-state index contributed by atoms with van der Waals surface area (Å²) in [4.78, 5) is 26.1. The van der Waals surface area contributed by atoms with Crippen molar-refractivity contribution in [2.75, 3.05) is 18.1 Å². The molecular formula is C21H21ClN2O3. The Bertz CT molecular complexity index is 854. The molecule has 2 aromatic carbocycles. The van der Waals surface area contributed by atoms with Crippen LogP contribution in [-0.2, 0) is 20.7 Å². The first-order valence-corrected chi connectivity index (χ1v) is 8.93. The van der Waals surface area contributed by atoms with Crippen LogP contribution in [0.1, 0.15) is 23.1 Å². The Kier molecular flexibility index (Phi) is 7.39. The second kappa shape index (κ2) is 9.75. The van der Waals surface area contributed by atoms with E-state index in [0.29, 0.717) is 16.3 Å². The van der Waals surface area contributed by atoms with Gasteiger partial charge in [0.1, 0.15) is 0 Å². The number of hydrogen-bond acceptors (Lipinski definition) is 4. The molecule has 2 rings (SSSR count). The molecule has 0 saturated heterocycles. The molecule has 0 fully saturated rings. The van der Waals surface area contributed by atoms with Gasteiger partial charge in [0.25, 0.3) is 5.91 Å². The first-order chi connectivity index (χ1) is 12.9. The highest BCUT2D eigenvalue weighted by molar-refractivity contribution is 6.31. The zero-order valence-corrected chi connectivity index (χ0v) is 16.1. The van der Waals surface area contributed by atoms with E-state index in [9.17, 15) is 9.59 Å². The number of benzene rings is 2. The van der Waals surface area contributed by atoms with Crippen molar-refractivity contribution in [1.82, 2.24) is 0 Å². The van der Waals surface area contributed by atoms with E-state index in [1.807, 2.05) is 38.1 Å². The summed E-state index contributed by atoms with van der Waals surface area (Å²) in [5.41, 5.74) is 3.35. The van der Waals surface area contributed by atoms with E-state index in [1.165, 1.54) is 4.90 Å². The number of nitrogens with zero attached hydrogens (tertiary/aromatic N) is 2. The van der Waals surface area contributed by atoms with Crippen LogP contribution < -0.4 is 4.90 Å². The van der Waals surface area contributed by atoms with Gasteiger partial charge in [0.2, 0.25) is 0 Å². The number of aryl methyl sites for hydroxylation is 2. The molecule has 27 heavy (non-hydrogen) atoms. The number of anilines is 1. The van der Waals surface area contributed by atoms with Gasteiger partial charge in [0.05, 0.1) is 18.9 Å². The molecule has 0 bridgehead atoms. The van der Waals surface area contributed by atoms with Crippen LogP contribution in [0.3, 0.4) is 0 Å². The number of rotatable bonds is 7. The number of amides is 1. The predicted molar refractivity (Wildman–Crippen MR) is 105 cm³/mol. The van der Waals surface area contributed by atoms with Crippen molar-refractivity contribution in [3.05, 3.63) is 64.2 Å². The predicted octanol–water partition coefficient (Wildman–Crippen LogP) is 3.99. The van der Waals surface area contributed by atoms with E-state index in [-0.39, 0.29) is 31.9 Å². The van der Waals surface area contributed by atoms with E-state index in [0.717, 1.165) is 11.1 Å². The minimum absolute atomic E-state index is 0.00526. The number of esters is 1. The Morgan fingerprint density at radius 2 is 1.81 bits per heavy atom. The maximum Gasteiger partial charge on any atom is 0.310 e. The molecule has 2 aromatic rings. The van der Waals surface area contributed by atoms with Gasteiger partial charge in [-0.15, -0.1) is 0 Å². The molecule has 0 spiro atoms. The van der Waals surface area contributed by atoms with Crippen molar-refractivity contribution in [3.63, 3.8) is 0 Å². The maximum absolute atomic E-state index is 12.6. The summed E-state index contributed by atoms with van der Waals surface area (Å²) < 4.78 is 5.13. The smallest absolute Gasteiger partial charge is 0.310 e. The fourth-order valence-electron chi connectivity index (χ4n) is 2.73. The molecule has 140 valence electrons. The Morgan fingerprint density at radius 3 is 2.44 bits per heavy atom. The lowest BCUT2D eigenvalue weighted by Crippen LogP contribution is -2.35. The van der Waals surface area contributed by atoms with E-state index >= 15 is 0 Å². The average Bonchev–Trinajstić information content (AvgIpc) is 2.61. The van der Waals surface area contributed by atoms with E-state index in [4.69, 9.17) is 21.6 Å². The van der Waals surface area contributed by atoms with Crippen LogP contribution in [0.15, 0.2) is 42.5 Å². The monoisotopic (exact) mass is 384 g/mol. The molecule has 0 aromatic heterocycles. The van der Waals surface area contributed by atoms with Gasteiger partial charge in [-0.25, -0.2) is 0 Å². The van der Waals surface area contributed by atoms with Crippen molar-refractivity contribution in [2.45, 2.75) is 26.7 Å². The molecule has 0 saturated carbocycles. The van der Waals surface area contributed by atoms with Crippen LogP contribution in [0.5, 0.6) is 0 Å². The minimum atomic E-state index is -0.530. The molecule has 0 aliphatic carbocycles. The number of nitriles is 1. The summed E-state index contributed by atoms with van der Waals surface area (Å²) in [5.74, 6) is -0.903. The molecule has 1 amide bonds. The summed E-state index contributed by atoms with van der Waals surface area (Å²) in [7, 11) is 0. The van der Waals surface area contributed by atoms with Gasteiger partial charge in [-0.05, 0) is 48.7 Å². The lowest BCUT2D eigenvalue weighted by molar-refractivity contribution is -0.147. The lowest BCUT2D eigenvalue weighted by Gasteiger charge is -2.22. The largest absolute Gasteiger partial charge is 0.455 e. The van der Waals surface area contributed by atoms with Crippen LogP contribution in [0, 0.1) is 25.2 Å². The second-order valence-electron chi connectivity index (χ2n) is 6.23. The molecule has 0 atom stereocenters. The third-order valence-corrected chi connectivity index (χ3v) is 4.28. The Balaban J connectivity index is 2.04. The number of halogens is 1. The Morgan fingerprint density at radius 1 is 1.15 bits per heavy atom. The SMILES string of the molecule is Cc1cc(C)cc(N(CCC#N)C(=O)COC(=O)Cc2ccccc2Cl)c1. The van der Waals surface area contributed by atoms with Crippen LogP contribution in [0.25, 0.3) is 0 Å². The summed E-state index contributed by atoms with van der Waals surface area (Å²) in [6, 6.07) is 14.8. The van der Waals surface area contributed by atoms with Crippen molar-refractivity contribution >= 4 is 29.2 Å². The molecule has 5 nitrogen and oxygen atoms in total. The Hall–Kier alpha value is -2.84. The fourth-order valence-corrected chi connectivity index (χ4v) is 2.94. The van der Waals surface area contributed by atoms with Crippen LogP contribution in [0.4, 0.5) is 5.69 Å². The van der Waals surface area contributed by atoms with Gasteiger partial charge < -0.3 is 9.64 Å². The summed E-state index contributed by atoms with van der Waals surface area (Å²) in [5, 5.41) is 9.35. The number of carbonyl (C=O) groups excluding carboxylic acids is 2. The zero-order valence-electron chi connectivity index (χ0n) is 15.4. The van der Waals surface area contributed by atoms with Gasteiger partial charge in [0.15, 0.2) is 6.61 Å². The highest BCUT2D eigenvalue weighted by atomic mass is 35.5. The molecule has 0 heterocycles. The van der Waals surface area contributed by atoms with Crippen LogP contribution >= 0.6 is 11.6 Å². The summed E-state index contributed by atoms with van der Waals surface area (Å²) in [6.07, 6.45) is 0.182. The molecule has 0 N–H and O–H groups in total. The highest BCUT2D eigenvalue weighted by Crippen LogP contribution is 2.20. The lowest BCUT2D eigenvalue weighted by atomic mass is 10.1. The normalized spacial score (nSPS) is 10.1. The van der Waals surface area contributed by atoms with Crippen LogP contribution in [0.2, 0.25) is 5.02 Å². The third-order valence-electron chi connectivity index (χ3n) is 3.92. The van der Waals surface area contributed by atoms with E-state index < -0.39 is 5.97 Å². The maximum atomic E-state index is 12.6. The zero-order chi connectivity index (χ0) is 19.8. The molecule has 6 heteroatoms. The molecule has 0 aliphatic heterocycles. The quantitative estimate of drug-likeness (QED) is 0.677. The third kappa shape index (κ3) is 6.12. The number of ether oxygens (including phenoxy) is 1. The number of carbonyl (C=O) groups is 2. The first kappa shape index (κ1) is 20.5. The average molecular weight is 385 g/mol. The minimum Gasteiger partial charge on any atom is -0.455 e. The highest BCUT2D eigenvalue weighted by Gasteiger charge is 2.18. The van der Waals surface area contributed by atoms with Gasteiger partial charge in [-0.3, -0.25) is 9.59 Å². The van der Waals surface area contributed by atoms with Crippen molar-refractivity contribution in [2.24, 2.45) is 0 Å². The summed E-state index contributed by atoms with van der Waals surface area (Å²) in [6.45, 7) is 3.72. The Labute approximate surface area is 164 Å². The van der Waals surface area contributed by atoms with Crippen molar-refractivity contribution in [1.29, 1.82) is 5.26 Å². The van der Waals surface area contributed by atoms with Crippen molar-refractivity contribution < 1.29 is 14.3 Å². The summed E-state index contributed by atoms with van der Waals surface area (Å²) >= 11 is 6.03. The van der Waals surface area contributed by atoms with Gasteiger partial charge in [0, 0.05) is 17.3 Å². The first-order valence-electron chi connectivity index (χ1n) is 8.55. The standard InChI is InChI=1S/C21H21ClN2O3/c1-15-10-16(2)12-18(11-15)24(9-5-8-23)20(25)14-27-21(26)13-17-6-3-4-7-19(17)22/h3-4,6-7,10-12H,5,9,13-14H2,1-2H3. The van der Waals surface area contributed by atoms with Crippen molar-refractivity contribution in [3.8, 4) is 6.07 Å². The molecule has 0 unspecified atom stereocenters. The van der Waals surface area contributed by atoms with Gasteiger partial charge in [-0.2, -0.15) is 5.26 Å². The van der Waals surface area contributed by atoms with E-state index in [2.05, 4.69) is 0 Å².